The molecule has 0 aliphatic rings. The molecule has 0 atom stereocenters. The highest BCUT2D eigenvalue weighted by molar-refractivity contribution is 6.32. The van der Waals surface area contributed by atoms with Crippen molar-refractivity contribution in [2.45, 2.75) is 13.8 Å². The van der Waals surface area contributed by atoms with Crippen LogP contribution in [-0.4, -0.2) is 10.9 Å². The molecular formula is C18H15ClN2O2. The van der Waals surface area contributed by atoms with Gasteiger partial charge < -0.3 is 10.3 Å². The number of fused-ring (bicyclic) bond motifs is 1. The average Bonchev–Trinajstić information content (AvgIpc) is 2.53. The van der Waals surface area contributed by atoms with Crippen molar-refractivity contribution in [1.82, 2.24) is 4.98 Å². The van der Waals surface area contributed by atoms with E-state index < -0.39 is 5.91 Å². The smallest absolute Gasteiger partial charge is 0.261 e. The Morgan fingerprint density at radius 3 is 2.48 bits per heavy atom. The average molecular weight is 327 g/mol. The molecule has 0 aliphatic carbocycles. The number of carbonyl (C=O) groups is 1. The van der Waals surface area contributed by atoms with Gasteiger partial charge in [-0.25, -0.2) is 0 Å². The zero-order valence-electron chi connectivity index (χ0n) is 12.7. The Balaban J connectivity index is 2.01. The summed E-state index contributed by atoms with van der Waals surface area (Å²) in [6.07, 6.45) is 1.43. The van der Waals surface area contributed by atoms with E-state index in [0.29, 0.717) is 21.6 Å². The summed E-state index contributed by atoms with van der Waals surface area (Å²) in [5.74, 6) is -0.440. The number of nitrogens with one attached hydrogen (secondary N) is 2. The maximum atomic E-state index is 12.6. The van der Waals surface area contributed by atoms with Crippen molar-refractivity contribution < 1.29 is 4.79 Å². The summed E-state index contributed by atoms with van der Waals surface area (Å²) >= 11 is 6.06. The fourth-order valence-electron chi connectivity index (χ4n) is 2.42. The van der Waals surface area contributed by atoms with Gasteiger partial charge in [-0.15, -0.1) is 0 Å². The Labute approximate surface area is 138 Å². The molecule has 4 nitrogen and oxygen atoms in total. The lowest BCUT2D eigenvalue weighted by Gasteiger charge is -2.08. The Bertz CT molecular complexity index is 959. The second-order valence-corrected chi connectivity index (χ2v) is 5.85. The van der Waals surface area contributed by atoms with Crippen LogP contribution in [0.3, 0.4) is 0 Å². The van der Waals surface area contributed by atoms with Crippen molar-refractivity contribution in [1.29, 1.82) is 0 Å². The molecule has 2 aromatic carbocycles. The molecule has 23 heavy (non-hydrogen) atoms. The third-order valence-corrected chi connectivity index (χ3v) is 4.21. The van der Waals surface area contributed by atoms with Crippen LogP contribution in [0.1, 0.15) is 21.5 Å². The van der Waals surface area contributed by atoms with Crippen LogP contribution < -0.4 is 10.7 Å². The number of benzene rings is 2. The molecule has 1 aromatic heterocycles. The van der Waals surface area contributed by atoms with Crippen molar-refractivity contribution in [3.8, 4) is 0 Å². The van der Waals surface area contributed by atoms with Crippen LogP contribution in [0, 0.1) is 13.8 Å². The second-order valence-electron chi connectivity index (χ2n) is 5.45. The van der Waals surface area contributed by atoms with Crippen LogP contribution >= 0.6 is 11.6 Å². The van der Waals surface area contributed by atoms with E-state index in [9.17, 15) is 9.59 Å². The third kappa shape index (κ3) is 2.85. The minimum atomic E-state index is -0.440. The summed E-state index contributed by atoms with van der Waals surface area (Å²) < 4.78 is 0. The maximum Gasteiger partial charge on any atom is 0.261 e. The highest BCUT2D eigenvalue weighted by Gasteiger charge is 2.14. The van der Waals surface area contributed by atoms with E-state index in [1.165, 1.54) is 6.20 Å². The summed E-state index contributed by atoms with van der Waals surface area (Å²) in [5.41, 5.74) is 2.93. The molecule has 1 amide bonds. The quantitative estimate of drug-likeness (QED) is 0.746. The number of aromatic amines is 1. The van der Waals surface area contributed by atoms with Gasteiger partial charge in [-0.1, -0.05) is 29.3 Å². The van der Waals surface area contributed by atoms with Gasteiger partial charge in [-0.2, -0.15) is 0 Å². The largest absolute Gasteiger partial charge is 0.360 e. The van der Waals surface area contributed by atoms with Crippen molar-refractivity contribution in [2.24, 2.45) is 0 Å². The van der Waals surface area contributed by atoms with E-state index in [4.69, 9.17) is 11.6 Å². The predicted octanol–water partition coefficient (Wildman–Crippen LogP) is 4.05. The first kappa shape index (κ1) is 15.3. The first-order valence-electron chi connectivity index (χ1n) is 7.16. The number of hydrogen-bond donors (Lipinski definition) is 2. The minimum Gasteiger partial charge on any atom is -0.360 e. The summed E-state index contributed by atoms with van der Waals surface area (Å²) in [4.78, 5) is 27.9. The van der Waals surface area contributed by atoms with E-state index in [0.717, 1.165) is 11.1 Å². The normalized spacial score (nSPS) is 10.7. The van der Waals surface area contributed by atoms with Gasteiger partial charge in [0.2, 0.25) is 5.43 Å². The van der Waals surface area contributed by atoms with Crippen LogP contribution in [0.15, 0.2) is 47.4 Å². The van der Waals surface area contributed by atoms with Crippen LogP contribution in [0.2, 0.25) is 5.02 Å². The molecule has 0 saturated heterocycles. The van der Waals surface area contributed by atoms with Gasteiger partial charge in [0.1, 0.15) is 5.56 Å². The number of pyridine rings is 1. The number of aryl methyl sites for hydroxylation is 2. The SMILES string of the molecule is Cc1ccc(NC(=O)c2c[nH]c3c(C)c(Cl)ccc3c2=O)cc1. The van der Waals surface area contributed by atoms with E-state index in [1.54, 1.807) is 24.3 Å². The number of hydrogen-bond acceptors (Lipinski definition) is 2. The predicted molar refractivity (Wildman–Crippen MR) is 93.4 cm³/mol. The first-order valence-corrected chi connectivity index (χ1v) is 7.53. The molecule has 1 heterocycles. The van der Waals surface area contributed by atoms with E-state index >= 15 is 0 Å². The lowest BCUT2D eigenvalue weighted by molar-refractivity contribution is 0.102. The monoisotopic (exact) mass is 326 g/mol. The zero-order valence-corrected chi connectivity index (χ0v) is 13.5. The fraction of sp³-hybridized carbons (Fsp3) is 0.111. The Kier molecular flexibility index (Phi) is 3.92. The molecule has 0 spiro atoms. The summed E-state index contributed by atoms with van der Waals surface area (Å²) in [7, 11) is 0. The number of anilines is 1. The lowest BCUT2D eigenvalue weighted by Crippen LogP contribution is -2.22. The summed E-state index contributed by atoms with van der Waals surface area (Å²) in [6.45, 7) is 3.79. The zero-order chi connectivity index (χ0) is 16.6. The van der Waals surface area contributed by atoms with Crippen molar-refractivity contribution in [2.75, 3.05) is 5.32 Å². The number of aromatic nitrogens is 1. The maximum absolute atomic E-state index is 12.6. The van der Waals surface area contributed by atoms with Gasteiger partial charge in [-0.05, 0) is 43.7 Å². The second kappa shape index (κ2) is 5.89. The molecule has 2 N–H and O–H groups in total. The van der Waals surface area contributed by atoms with Crippen LogP contribution in [0.25, 0.3) is 10.9 Å². The Morgan fingerprint density at radius 2 is 1.78 bits per heavy atom. The molecular weight excluding hydrogens is 312 g/mol. The fourth-order valence-corrected chi connectivity index (χ4v) is 2.58. The Hall–Kier alpha value is -2.59. The molecule has 0 aliphatic heterocycles. The minimum absolute atomic E-state index is 0.0693. The van der Waals surface area contributed by atoms with Gasteiger partial charge in [-0.3, -0.25) is 9.59 Å². The first-order chi connectivity index (χ1) is 11.0. The summed E-state index contributed by atoms with van der Waals surface area (Å²) in [5, 5.41) is 3.75. The van der Waals surface area contributed by atoms with Gasteiger partial charge >= 0.3 is 0 Å². The highest BCUT2D eigenvalue weighted by Crippen LogP contribution is 2.22. The molecule has 3 aromatic rings. The molecule has 0 unspecified atom stereocenters. The third-order valence-electron chi connectivity index (χ3n) is 3.80. The van der Waals surface area contributed by atoms with E-state index in [-0.39, 0.29) is 11.0 Å². The number of halogens is 1. The van der Waals surface area contributed by atoms with Gasteiger partial charge in [0.05, 0.1) is 5.52 Å². The number of rotatable bonds is 2. The molecule has 3 rings (SSSR count). The number of amides is 1. The standard InChI is InChI=1S/C18H15ClN2O2/c1-10-3-5-12(6-4-10)21-18(23)14-9-20-16-11(2)15(19)8-7-13(16)17(14)22/h3-9H,1-2H3,(H,20,22)(H,21,23). The molecule has 5 heteroatoms. The highest BCUT2D eigenvalue weighted by atomic mass is 35.5. The Morgan fingerprint density at radius 1 is 1.09 bits per heavy atom. The molecule has 0 radical (unpaired) electrons. The van der Waals surface area contributed by atoms with Crippen molar-refractivity contribution in [3.63, 3.8) is 0 Å². The van der Waals surface area contributed by atoms with Crippen molar-refractivity contribution in [3.05, 3.63) is 74.5 Å². The molecule has 0 bridgehead atoms. The van der Waals surface area contributed by atoms with Crippen LogP contribution in [-0.2, 0) is 0 Å². The summed E-state index contributed by atoms with van der Waals surface area (Å²) in [6, 6.07) is 10.7. The van der Waals surface area contributed by atoms with Crippen LogP contribution in [0.4, 0.5) is 5.69 Å². The van der Waals surface area contributed by atoms with Gasteiger partial charge in [0, 0.05) is 22.3 Å². The van der Waals surface area contributed by atoms with E-state index in [2.05, 4.69) is 10.3 Å². The van der Waals surface area contributed by atoms with Crippen molar-refractivity contribution >= 4 is 34.1 Å². The number of carbonyl (C=O) groups excluding carboxylic acids is 1. The molecule has 0 saturated carbocycles. The van der Waals surface area contributed by atoms with Gasteiger partial charge in [0.25, 0.3) is 5.91 Å². The lowest BCUT2D eigenvalue weighted by atomic mass is 10.1. The van der Waals surface area contributed by atoms with Gasteiger partial charge in [0.15, 0.2) is 0 Å². The molecule has 0 fully saturated rings. The molecule has 116 valence electrons. The number of H-pyrrole nitrogens is 1. The van der Waals surface area contributed by atoms with Crippen LogP contribution in [0.5, 0.6) is 0 Å². The topological polar surface area (TPSA) is 62.0 Å². The van der Waals surface area contributed by atoms with E-state index in [1.807, 2.05) is 26.0 Å².